The average molecular weight is 249 g/mol. The third-order valence-electron chi connectivity index (χ3n) is 2.88. The molecule has 0 aliphatic rings. The lowest BCUT2D eigenvalue weighted by molar-refractivity contribution is 0.390. The fourth-order valence-corrected chi connectivity index (χ4v) is 2.08. The lowest BCUT2D eigenvalue weighted by Crippen LogP contribution is -2.20. The molecule has 0 saturated heterocycles. The van der Waals surface area contributed by atoms with Crippen LogP contribution in [0.2, 0.25) is 0 Å². The largest absolute Gasteiger partial charge is 0.493 e. The molecule has 3 nitrogen and oxygen atoms in total. The van der Waals surface area contributed by atoms with E-state index in [2.05, 4.69) is 4.98 Å². The monoisotopic (exact) mass is 249 g/mol. The van der Waals surface area contributed by atoms with E-state index >= 15 is 0 Å². The van der Waals surface area contributed by atoms with Crippen LogP contribution in [-0.2, 0) is 5.41 Å². The van der Waals surface area contributed by atoms with Crippen LogP contribution in [0.1, 0.15) is 26.5 Å². The van der Waals surface area contributed by atoms with E-state index in [1.807, 2.05) is 20.8 Å². The maximum absolute atomic E-state index is 13.8. The maximum atomic E-state index is 13.8. The third kappa shape index (κ3) is 1.98. The molecule has 0 spiro atoms. The molecule has 0 unspecified atom stereocenters. The van der Waals surface area contributed by atoms with Gasteiger partial charge in [0.1, 0.15) is 0 Å². The van der Waals surface area contributed by atoms with Crippen molar-refractivity contribution < 1.29 is 9.13 Å². The Bertz CT molecular complexity index is 653. The lowest BCUT2D eigenvalue weighted by atomic mass is 9.88. The van der Waals surface area contributed by atoms with Crippen LogP contribution in [0.3, 0.4) is 0 Å². The predicted octanol–water partition coefficient (Wildman–Crippen LogP) is 2.97. The van der Waals surface area contributed by atoms with Crippen molar-refractivity contribution in [3.8, 4) is 5.75 Å². The molecule has 1 heterocycles. The van der Waals surface area contributed by atoms with Crippen molar-refractivity contribution in [3.05, 3.63) is 40.1 Å². The molecule has 0 atom stereocenters. The molecule has 0 aliphatic heterocycles. The fourth-order valence-electron chi connectivity index (χ4n) is 2.08. The standard InChI is InChI=1S/C14H16FNO2/c1-14(2,3)13-11-8(7-10(17)16-13)5-6-9(15)12(11)18-4/h5-7H,1-4H3,(H,16,17). The van der Waals surface area contributed by atoms with Crippen molar-refractivity contribution in [2.45, 2.75) is 26.2 Å². The first-order valence-corrected chi connectivity index (χ1v) is 5.74. The number of ether oxygens (including phenoxy) is 1. The van der Waals surface area contributed by atoms with Crippen LogP contribution >= 0.6 is 0 Å². The third-order valence-corrected chi connectivity index (χ3v) is 2.88. The Kier molecular flexibility index (Phi) is 2.89. The molecule has 0 aliphatic carbocycles. The van der Waals surface area contributed by atoms with Gasteiger partial charge in [0.05, 0.1) is 7.11 Å². The van der Waals surface area contributed by atoms with Crippen molar-refractivity contribution in [1.82, 2.24) is 4.98 Å². The summed E-state index contributed by atoms with van der Waals surface area (Å²) in [5.41, 5.74) is 0.183. The first-order valence-electron chi connectivity index (χ1n) is 5.74. The molecule has 2 aromatic rings. The van der Waals surface area contributed by atoms with Crippen LogP contribution in [0.4, 0.5) is 4.39 Å². The van der Waals surface area contributed by atoms with Crippen molar-refractivity contribution >= 4 is 10.8 Å². The molecule has 18 heavy (non-hydrogen) atoms. The number of H-pyrrole nitrogens is 1. The van der Waals surface area contributed by atoms with Crippen LogP contribution < -0.4 is 10.3 Å². The smallest absolute Gasteiger partial charge is 0.248 e. The summed E-state index contributed by atoms with van der Waals surface area (Å²) in [4.78, 5) is 14.4. The van der Waals surface area contributed by atoms with Gasteiger partial charge in [-0.25, -0.2) is 4.39 Å². The van der Waals surface area contributed by atoms with E-state index in [4.69, 9.17) is 4.74 Å². The highest BCUT2D eigenvalue weighted by Crippen LogP contribution is 2.35. The number of pyridine rings is 1. The van der Waals surface area contributed by atoms with E-state index in [1.54, 1.807) is 6.07 Å². The molecular formula is C14H16FNO2. The SMILES string of the molecule is COc1c(F)ccc2cc(=O)[nH]c(C(C)(C)C)c12. The zero-order valence-corrected chi connectivity index (χ0v) is 10.9. The van der Waals surface area contributed by atoms with E-state index in [9.17, 15) is 9.18 Å². The topological polar surface area (TPSA) is 42.1 Å². The number of aromatic amines is 1. The van der Waals surface area contributed by atoms with E-state index in [0.717, 1.165) is 0 Å². The van der Waals surface area contributed by atoms with Gasteiger partial charge in [0.15, 0.2) is 11.6 Å². The second kappa shape index (κ2) is 4.12. The van der Waals surface area contributed by atoms with Crippen LogP contribution in [0.5, 0.6) is 5.75 Å². The van der Waals surface area contributed by atoms with Crippen LogP contribution in [0.15, 0.2) is 23.0 Å². The van der Waals surface area contributed by atoms with E-state index in [-0.39, 0.29) is 16.7 Å². The van der Waals surface area contributed by atoms with Gasteiger partial charge in [-0.05, 0) is 11.5 Å². The zero-order chi connectivity index (χ0) is 13.5. The van der Waals surface area contributed by atoms with Gasteiger partial charge in [-0.1, -0.05) is 26.8 Å². The highest BCUT2D eigenvalue weighted by atomic mass is 19.1. The van der Waals surface area contributed by atoms with Crippen LogP contribution in [-0.4, -0.2) is 12.1 Å². The number of hydrogen-bond acceptors (Lipinski definition) is 2. The van der Waals surface area contributed by atoms with Gasteiger partial charge in [0.2, 0.25) is 5.56 Å². The highest BCUT2D eigenvalue weighted by molar-refractivity contribution is 5.91. The minimum atomic E-state index is -0.428. The molecule has 0 fully saturated rings. The summed E-state index contributed by atoms with van der Waals surface area (Å²) >= 11 is 0. The van der Waals surface area contributed by atoms with Crippen LogP contribution in [0.25, 0.3) is 10.8 Å². The van der Waals surface area contributed by atoms with Gasteiger partial charge < -0.3 is 9.72 Å². The number of fused-ring (bicyclic) bond motifs is 1. The van der Waals surface area contributed by atoms with Gasteiger partial charge in [0, 0.05) is 22.6 Å². The fraction of sp³-hybridized carbons (Fsp3) is 0.357. The molecule has 2 rings (SSSR count). The number of aromatic nitrogens is 1. The number of halogens is 1. The maximum Gasteiger partial charge on any atom is 0.248 e. The number of nitrogens with one attached hydrogen (secondary N) is 1. The number of methoxy groups -OCH3 is 1. The summed E-state index contributed by atoms with van der Waals surface area (Å²) < 4.78 is 18.9. The van der Waals surface area contributed by atoms with Gasteiger partial charge >= 0.3 is 0 Å². The Balaban J connectivity index is 3.00. The Hall–Kier alpha value is -1.84. The van der Waals surface area contributed by atoms with Gasteiger partial charge in [-0.2, -0.15) is 0 Å². The summed E-state index contributed by atoms with van der Waals surface area (Å²) in [6.07, 6.45) is 0. The summed E-state index contributed by atoms with van der Waals surface area (Å²) in [6.45, 7) is 5.88. The summed E-state index contributed by atoms with van der Waals surface area (Å²) in [7, 11) is 1.43. The Labute approximate surface area is 105 Å². The minimum Gasteiger partial charge on any atom is -0.493 e. The Morgan fingerprint density at radius 2 is 1.94 bits per heavy atom. The normalized spacial score (nSPS) is 11.8. The summed E-state index contributed by atoms with van der Waals surface area (Å²) in [5.74, 6) is -0.253. The van der Waals surface area contributed by atoms with Crippen molar-refractivity contribution in [1.29, 1.82) is 0 Å². The van der Waals surface area contributed by atoms with Gasteiger partial charge in [-0.15, -0.1) is 0 Å². The molecule has 0 radical (unpaired) electrons. The van der Waals surface area contributed by atoms with E-state index < -0.39 is 5.82 Å². The van der Waals surface area contributed by atoms with E-state index in [0.29, 0.717) is 16.5 Å². The van der Waals surface area contributed by atoms with Gasteiger partial charge in [0.25, 0.3) is 0 Å². The Morgan fingerprint density at radius 1 is 1.28 bits per heavy atom. The molecule has 96 valence electrons. The van der Waals surface area contributed by atoms with E-state index in [1.165, 1.54) is 19.2 Å². The number of rotatable bonds is 1. The molecule has 4 heteroatoms. The number of benzene rings is 1. The molecule has 1 N–H and O–H groups in total. The summed E-state index contributed by atoms with van der Waals surface area (Å²) in [6, 6.07) is 4.36. The lowest BCUT2D eigenvalue weighted by Gasteiger charge is -2.22. The molecular weight excluding hydrogens is 233 g/mol. The first-order chi connectivity index (χ1) is 8.34. The second-order valence-corrected chi connectivity index (χ2v) is 5.30. The molecule has 1 aromatic heterocycles. The number of hydrogen-bond donors (Lipinski definition) is 1. The Morgan fingerprint density at radius 3 is 2.50 bits per heavy atom. The molecule has 0 amide bonds. The van der Waals surface area contributed by atoms with Crippen molar-refractivity contribution in [2.75, 3.05) is 7.11 Å². The van der Waals surface area contributed by atoms with Gasteiger partial charge in [-0.3, -0.25) is 4.79 Å². The molecule has 0 bridgehead atoms. The molecule has 0 saturated carbocycles. The second-order valence-electron chi connectivity index (χ2n) is 5.30. The summed E-state index contributed by atoms with van der Waals surface area (Å²) in [5, 5.41) is 1.31. The highest BCUT2D eigenvalue weighted by Gasteiger charge is 2.22. The quantitative estimate of drug-likeness (QED) is 0.844. The van der Waals surface area contributed by atoms with Crippen LogP contribution in [0, 0.1) is 5.82 Å². The minimum absolute atomic E-state index is 0.175. The van der Waals surface area contributed by atoms with Crippen molar-refractivity contribution in [2.24, 2.45) is 0 Å². The molecule has 1 aromatic carbocycles. The zero-order valence-electron chi connectivity index (χ0n) is 10.9. The first kappa shape index (κ1) is 12.6. The van der Waals surface area contributed by atoms with Crippen molar-refractivity contribution in [3.63, 3.8) is 0 Å². The predicted molar refractivity (Wildman–Crippen MR) is 69.8 cm³/mol. The average Bonchev–Trinajstić information content (AvgIpc) is 2.27.